The molecule has 0 bridgehead atoms. The molecule has 1 aromatic rings. The maximum Gasteiger partial charge on any atom is 0.328 e. The third-order valence-corrected chi connectivity index (χ3v) is 3.06. The summed E-state index contributed by atoms with van der Waals surface area (Å²) in [6, 6.07) is 2.99. The van der Waals surface area contributed by atoms with E-state index in [0.717, 1.165) is 8.66 Å². The van der Waals surface area contributed by atoms with Crippen LogP contribution < -0.4 is 5.73 Å². The van der Waals surface area contributed by atoms with Crippen molar-refractivity contribution < 1.29 is 9.53 Å². The first-order valence-corrected chi connectivity index (χ1v) is 4.84. The zero-order valence-electron chi connectivity index (χ0n) is 6.82. The number of nitrogens with two attached hydrogens (primary N) is 1. The van der Waals surface area contributed by atoms with E-state index in [1.54, 1.807) is 6.07 Å². The van der Waals surface area contributed by atoms with E-state index < -0.39 is 12.0 Å². The molecule has 1 heterocycles. The molecule has 0 radical (unpaired) electrons. The van der Waals surface area contributed by atoms with Gasteiger partial charge in [0.05, 0.1) is 10.9 Å². The Morgan fingerprint density at radius 3 is 2.69 bits per heavy atom. The van der Waals surface area contributed by atoms with Crippen molar-refractivity contribution in [1.82, 2.24) is 0 Å². The second kappa shape index (κ2) is 5.59. The molecule has 0 saturated heterocycles. The van der Waals surface area contributed by atoms with E-state index in [0.29, 0.717) is 0 Å². The van der Waals surface area contributed by atoms with Crippen molar-refractivity contribution in [3.8, 4) is 0 Å². The predicted molar refractivity (Wildman–Crippen MR) is 58.2 cm³/mol. The Kier molecular flexibility index (Phi) is 5.55. The molecule has 1 atom stereocenters. The molecule has 1 aromatic heterocycles. The van der Waals surface area contributed by atoms with Gasteiger partial charge in [0, 0.05) is 4.88 Å². The molecule has 6 heteroatoms. The number of thiophene rings is 1. The Balaban J connectivity index is 0.00000144. The zero-order chi connectivity index (χ0) is 9.14. The van der Waals surface area contributed by atoms with Gasteiger partial charge in [-0.25, -0.2) is 4.79 Å². The summed E-state index contributed by atoms with van der Waals surface area (Å²) in [7, 11) is 1.32. The van der Waals surface area contributed by atoms with E-state index in [2.05, 4.69) is 20.7 Å². The highest BCUT2D eigenvalue weighted by atomic mass is 79.9. The standard InChI is InChI=1S/C7H8BrNO2S.ClH/c1-11-7(10)6(9)4-2-3-5(8)12-4;/h2-3,6H,9H2,1H3;1H/t6-;/m0./s1. The summed E-state index contributed by atoms with van der Waals surface area (Å²) in [6.07, 6.45) is 0. The number of rotatable bonds is 2. The Labute approximate surface area is 94.8 Å². The lowest BCUT2D eigenvalue weighted by Crippen LogP contribution is -2.21. The first kappa shape index (κ1) is 12.9. The van der Waals surface area contributed by atoms with Crippen LogP contribution in [0.5, 0.6) is 0 Å². The number of hydrogen-bond donors (Lipinski definition) is 1. The van der Waals surface area contributed by atoms with Crippen LogP contribution >= 0.6 is 39.7 Å². The van der Waals surface area contributed by atoms with Gasteiger partial charge in [0.15, 0.2) is 0 Å². The monoisotopic (exact) mass is 285 g/mol. The van der Waals surface area contributed by atoms with E-state index in [9.17, 15) is 4.79 Å². The Bertz CT molecular complexity index is 292. The minimum Gasteiger partial charge on any atom is -0.468 e. The van der Waals surface area contributed by atoms with E-state index >= 15 is 0 Å². The van der Waals surface area contributed by atoms with Gasteiger partial charge in [0.25, 0.3) is 0 Å². The van der Waals surface area contributed by atoms with E-state index in [1.165, 1.54) is 18.4 Å². The first-order valence-electron chi connectivity index (χ1n) is 3.24. The average molecular weight is 287 g/mol. The van der Waals surface area contributed by atoms with Crippen molar-refractivity contribution in [1.29, 1.82) is 0 Å². The molecule has 1 rings (SSSR count). The average Bonchev–Trinajstić information content (AvgIpc) is 2.49. The number of carbonyl (C=O) groups excluding carboxylic acids is 1. The molecule has 0 aliphatic rings. The molecule has 0 aliphatic carbocycles. The van der Waals surface area contributed by atoms with Crippen LogP contribution in [0.4, 0.5) is 0 Å². The van der Waals surface area contributed by atoms with Crippen molar-refractivity contribution in [2.45, 2.75) is 6.04 Å². The van der Waals surface area contributed by atoms with Crippen LogP contribution in [0, 0.1) is 0 Å². The van der Waals surface area contributed by atoms with Crippen molar-refractivity contribution in [2.24, 2.45) is 5.73 Å². The molecule has 0 aliphatic heterocycles. The number of hydrogen-bond acceptors (Lipinski definition) is 4. The molecular formula is C7H9BrClNO2S. The molecule has 0 spiro atoms. The molecule has 13 heavy (non-hydrogen) atoms. The van der Waals surface area contributed by atoms with Gasteiger partial charge in [-0.15, -0.1) is 23.7 Å². The van der Waals surface area contributed by atoms with Crippen LogP contribution in [0.15, 0.2) is 15.9 Å². The summed E-state index contributed by atoms with van der Waals surface area (Å²) in [4.78, 5) is 11.8. The molecule has 0 amide bonds. The molecular weight excluding hydrogens is 278 g/mol. The lowest BCUT2D eigenvalue weighted by atomic mass is 10.3. The molecule has 3 nitrogen and oxygen atoms in total. The number of methoxy groups -OCH3 is 1. The molecule has 2 N–H and O–H groups in total. The summed E-state index contributed by atoms with van der Waals surface area (Å²) < 4.78 is 5.46. The van der Waals surface area contributed by atoms with Crippen LogP contribution in [0.2, 0.25) is 0 Å². The van der Waals surface area contributed by atoms with Crippen LogP contribution in [-0.2, 0) is 9.53 Å². The SMILES string of the molecule is COC(=O)[C@@H](N)c1ccc(Br)s1.Cl. The van der Waals surface area contributed by atoms with E-state index in [-0.39, 0.29) is 12.4 Å². The molecule has 74 valence electrons. The van der Waals surface area contributed by atoms with Crippen molar-refractivity contribution in [3.63, 3.8) is 0 Å². The smallest absolute Gasteiger partial charge is 0.328 e. The maximum atomic E-state index is 11.0. The summed E-state index contributed by atoms with van der Waals surface area (Å²) in [5, 5.41) is 0. The van der Waals surface area contributed by atoms with Gasteiger partial charge in [-0.05, 0) is 28.1 Å². The van der Waals surface area contributed by atoms with Crippen LogP contribution in [0.1, 0.15) is 10.9 Å². The quantitative estimate of drug-likeness (QED) is 0.847. The van der Waals surface area contributed by atoms with Crippen LogP contribution in [-0.4, -0.2) is 13.1 Å². The molecule has 0 aromatic carbocycles. The van der Waals surface area contributed by atoms with Gasteiger partial charge in [-0.2, -0.15) is 0 Å². The summed E-state index contributed by atoms with van der Waals surface area (Å²) in [5.74, 6) is -0.413. The second-order valence-corrected chi connectivity index (χ2v) is 4.64. The van der Waals surface area contributed by atoms with Crippen molar-refractivity contribution in [2.75, 3.05) is 7.11 Å². The van der Waals surface area contributed by atoms with Gasteiger partial charge in [-0.1, -0.05) is 0 Å². The fourth-order valence-corrected chi connectivity index (χ4v) is 2.15. The number of esters is 1. The lowest BCUT2D eigenvalue weighted by molar-refractivity contribution is -0.142. The largest absolute Gasteiger partial charge is 0.468 e. The predicted octanol–water partition coefficient (Wildman–Crippen LogP) is 2.11. The van der Waals surface area contributed by atoms with Crippen molar-refractivity contribution >= 4 is 45.6 Å². The molecule has 0 saturated carbocycles. The van der Waals surface area contributed by atoms with Gasteiger partial charge in [0.1, 0.15) is 6.04 Å². The highest BCUT2D eigenvalue weighted by molar-refractivity contribution is 9.11. The third-order valence-electron chi connectivity index (χ3n) is 1.36. The number of ether oxygens (including phenoxy) is 1. The fourth-order valence-electron chi connectivity index (χ4n) is 0.739. The Morgan fingerprint density at radius 2 is 2.31 bits per heavy atom. The maximum absolute atomic E-state index is 11.0. The van der Waals surface area contributed by atoms with Gasteiger partial charge < -0.3 is 10.5 Å². The molecule has 0 fully saturated rings. The highest BCUT2D eigenvalue weighted by Gasteiger charge is 2.17. The van der Waals surface area contributed by atoms with Gasteiger partial charge in [-0.3, -0.25) is 0 Å². The summed E-state index contributed by atoms with van der Waals surface area (Å²) in [5.41, 5.74) is 5.58. The minimum atomic E-state index is -0.661. The van der Waals surface area contributed by atoms with E-state index in [1.807, 2.05) is 6.07 Å². The molecule has 0 unspecified atom stereocenters. The van der Waals surface area contributed by atoms with Gasteiger partial charge >= 0.3 is 5.97 Å². The van der Waals surface area contributed by atoms with Crippen LogP contribution in [0.25, 0.3) is 0 Å². The second-order valence-electron chi connectivity index (χ2n) is 2.14. The fraction of sp³-hybridized carbons (Fsp3) is 0.286. The zero-order valence-corrected chi connectivity index (χ0v) is 10.0. The van der Waals surface area contributed by atoms with E-state index in [4.69, 9.17) is 5.73 Å². The topological polar surface area (TPSA) is 52.3 Å². The van der Waals surface area contributed by atoms with Gasteiger partial charge in [0.2, 0.25) is 0 Å². The Morgan fingerprint density at radius 1 is 1.69 bits per heavy atom. The normalized spacial score (nSPS) is 11.6. The summed E-state index contributed by atoms with van der Waals surface area (Å²) in [6.45, 7) is 0. The first-order chi connectivity index (χ1) is 5.65. The number of carbonyl (C=O) groups is 1. The van der Waals surface area contributed by atoms with Crippen LogP contribution in [0.3, 0.4) is 0 Å². The summed E-state index contributed by atoms with van der Waals surface area (Å²) >= 11 is 4.71. The minimum absolute atomic E-state index is 0. The Hall–Kier alpha value is -0.100. The third kappa shape index (κ3) is 3.27. The highest BCUT2D eigenvalue weighted by Crippen LogP contribution is 2.26. The number of halogens is 2. The van der Waals surface area contributed by atoms with Crippen molar-refractivity contribution in [3.05, 3.63) is 20.8 Å². The lowest BCUT2D eigenvalue weighted by Gasteiger charge is -2.05.